The molecule has 1 heterocycles. The summed E-state index contributed by atoms with van der Waals surface area (Å²) in [5.41, 5.74) is 0.908. The Morgan fingerprint density at radius 3 is 2.00 bits per heavy atom. The SMILES string of the molecule is CC1(C)OC(CCc2ccccc2)OC1(C)C. The summed E-state index contributed by atoms with van der Waals surface area (Å²) >= 11 is 0. The smallest absolute Gasteiger partial charge is 0.159 e. The van der Waals surface area contributed by atoms with E-state index < -0.39 is 0 Å². The normalized spacial score (nSPS) is 22.8. The van der Waals surface area contributed by atoms with Gasteiger partial charge in [0.05, 0.1) is 11.2 Å². The molecule has 1 fully saturated rings. The van der Waals surface area contributed by atoms with E-state index >= 15 is 0 Å². The van der Waals surface area contributed by atoms with E-state index in [-0.39, 0.29) is 17.5 Å². The van der Waals surface area contributed by atoms with Crippen LogP contribution in [0.3, 0.4) is 0 Å². The molecular formula is C15H22O2. The van der Waals surface area contributed by atoms with Gasteiger partial charge in [0.1, 0.15) is 0 Å². The van der Waals surface area contributed by atoms with Crippen LogP contribution in [0.1, 0.15) is 39.7 Å². The third-order valence-corrected chi connectivity index (χ3v) is 3.81. The molecule has 1 aliphatic rings. The lowest BCUT2D eigenvalue weighted by atomic mass is 9.90. The van der Waals surface area contributed by atoms with Crippen LogP contribution < -0.4 is 0 Å². The van der Waals surface area contributed by atoms with Crippen LogP contribution in [0.25, 0.3) is 0 Å². The van der Waals surface area contributed by atoms with Crippen molar-refractivity contribution in [2.45, 2.75) is 58.0 Å². The highest BCUT2D eigenvalue weighted by Crippen LogP contribution is 2.39. The summed E-state index contributed by atoms with van der Waals surface area (Å²) in [7, 11) is 0. The number of ether oxygens (including phenoxy) is 2. The van der Waals surface area contributed by atoms with E-state index in [1.54, 1.807) is 0 Å². The highest BCUT2D eigenvalue weighted by Gasteiger charge is 2.48. The molecule has 0 bridgehead atoms. The van der Waals surface area contributed by atoms with Gasteiger partial charge in [0.15, 0.2) is 6.29 Å². The van der Waals surface area contributed by atoms with Crippen molar-refractivity contribution in [3.05, 3.63) is 35.9 Å². The highest BCUT2D eigenvalue weighted by molar-refractivity contribution is 5.14. The lowest BCUT2D eigenvalue weighted by molar-refractivity contribution is -0.0898. The molecule has 1 aromatic rings. The molecule has 0 atom stereocenters. The first-order chi connectivity index (χ1) is 7.91. The van der Waals surface area contributed by atoms with Gasteiger partial charge < -0.3 is 9.47 Å². The van der Waals surface area contributed by atoms with Gasteiger partial charge in [0.2, 0.25) is 0 Å². The number of rotatable bonds is 3. The van der Waals surface area contributed by atoms with Gasteiger partial charge in [-0.2, -0.15) is 0 Å². The summed E-state index contributed by atoms with van der Waals surface area (Å²) in [4.78, 5) is 0. The topological polar surface area (TPSA) is 18.5 Å². The quantitative estimate of drug-likeness (QED) is 0.796. The van der Waals surface area contributed by atoms with Crippen LogP contribution in [-0.2, 0) is 15.9 Å². The van der Waals surface area contributed by atoms with Crippen molar-refractivity contribution >= 4 is 0 Å². The Balaban J connectivity index is 1.91. The van der Waals surface area contributed by atoms with Crippen molar-refractivity contribution < 1.29 is 9.47 Å². The van der Waals surface area contributed by atoms with Crippen molar-refractivity contribution in [3.8, 4) is 0 Å². The Hall–Kier alpha value is -0.860. The molecule has 2 rings (SSSR count). The zero-order valence-corrected chi connectivity index (χ0v) is 11.2. The van der Waals surface area contributed by atoms with Crippen LogP contribution in [0, 0.1) is 0 Å². The van der Waals surface area contributed by atoms with Crippen LogP contribution >= 0.6 is 0 Å². The first kappa shape index (κ1) is 12.6. The largest absolute Gasteiger partial charge is 0.344 e. The fraction of sp³-hybridized carbons (Fsp3) is 0.600. The Kier molecular flexibility index (Phi) is 3.28. The molecule has 17 heavy (non-hydrogen) atoms. The summed E-state index contributed by atoms with van der Waals surface area (Å²) in [6.07, 6.45) is 1.83. The van der Waals surface area contributed by atoms with Gasteiger partial charge in [-0.3, -0.25) is 0 Å². The number of aryl methyl sites for hydroxylation is 1. The molecule has 0 saturated carbocycles. The maximum atomic E-state index is 5.96. The monoisotopic (exact) mass is 234 g/mol. The molecule has 0 aliphatic carbocycles. The third kappa shape index (κ3) is 2.70. The molecule has 0 spiro atoms. The summed E-state index contributed by atoms with van der Waals surface area (Å²) in [6.45, 7) is 8.37. The fourth-order valence-corrected chi connectivity index (χ4v) is 2.01. The minimum absolute atomic E-state index is 0.0831. The lowest BCUT2D eigenvalue weighted by Crippen LogP contribution is -2.41. The predicted molar refractivity (Wildman–Crippen MR) is 68.9 cm³/mol. The molecule has 0 aromatic heterocycles. The molecule has 94 valence electrons. The van der Waals surface area contributed by atoms with Gasteiger partial charge in [-0.1, -0.05) is 30.3 Å². The van der Waals surface area contributed by atoms with Gasteiger partial charge in [-0.15, -0.1) is 0 Å². The molecule has 1 aliphatic heterocycles. The lowest BCUT2D eigenvalue weighted by Gasteiger charge is -2.30. The predicted octanol–water partition coefficient (Wildman–Crippen LogP) is 3.55. The van der Waals surface area contributed by atoms with Gasteiger partial charge in [-0.25, -0.2) is 0 Å². The maximum Gasteiger partial charge on any atom is 0.159 e. The Morgan fingerprint density at radius 1 is 0.941 bits per heavy atom. The van der Waals surface area contributed by atoms with Crippen molar-refractivity contribution in [1.29, 1.82) is 0 Å². The second-order valence-corrected chi connectivity index (χ2v) is 5.71. The van der Waals surface area contributed by atoms with Crippen LogP contribution in [0.4, 0.5) is 0 Å². The third-order valence-electron chi connectivity index (χ3n) is 3.81. The molecular weight excluding hydrogens is 212 g/mol. The van der Waals surface area contributed by atoms with Crippen LogP contribution in [0.2, 0.25) is 0 Å². The van der Waals surface area contributed by atoms with Gasteiger partial charge in [0.25, 0.3) is 0 Å². The van der Waals surface area contributed by atoms with E-state index in [0.29, 0.717) is 0 Å². The molecule has 2 nitrogen and oxygen atoms in total. The zero-order chi connectivity index (χ0) is 12.5. The minimum atomic E-state index is -0.214. The highest BCUT2D eigenvalue weighted by atomic mass is 16.7. The van der Waals surface area contributed by atoms with E-state index in [1.807, 2.05) is 6.07 Å². The standard InChI is InChI=1S/C15H22O2/c1-14(2)15(3,4)17-13(16-14)11-10-12-8-6-5-7-9-12/h5-9,13H,10-11H2,1-4H3. The molecule has 0 amide bonds. The van der Waals surface area contributed by atoms with Crippen molar-refractivity contribution in [3.63, 3.8) is 0 Å². The van der Waals surface area contributed by atoms with E-state index in [2.05, 4.69) is 52.0 Å². The summed E-state index contributed by atoms with van der Waals surface area (Å²) < 4.78 is 11.9. The van der Waals surface area contributed by atoms with E-state index in [4.69, 9.17) is 9.47 Å². The minimum Gasteiger partial charge on any atom is -0.344 e. The van der Waals surface area contributed by atoms with E-state index in [9.17, 15) is 0 Å². The average molecular weight is 234 g/mol. The zero-order valence-electron chi connectivity index (χ0n) is 11.2. The Morgan fingerprint density at radius 2 is 1.47 bits per heavy atom. The average Bonchev–Trinajstić information content (AvgIpc) is 2.46. The molecule has 0 unspecified atom stereocenters. The summed E-state index contributed by atoms with van der Waals surface area (Å²) in [5.74, 6) is 0. The first-order valence-corrected chi connectivity index (χ1v) is 6.30. The summed E-state index contributed by atoms with van der Waals surface area (Å²) in [6, 6.07) is 10.5. The van der Waals surface area contributed by atoms with Gasteiger partial charge >= 0.3 is 0 Å². The van der Waals surface area contributed by atoms with Crippen molar-refractivity contribution in [1.82, 2.24) is 0 Å². The van der Waals surface area contributed by atoms with Crippen molar-refractivity contribution in [2.24, 2.45) is 0 Å². The van der Waals surface area contributed by atoms with Crippen LogP contribution in [0.15, 0.2) is 30.3 Å². The molecule has 0 radical (unpaired) electrons. The molecule has 1 saturated heterocycles. The Bertz CT molecular complexity index is 352. The van der Waals surface area contributed by atoms with Gasteiger partial charge in [0, 0.05) is 6.42 Å². The van der Waals surface area contributed by atoms with E-state index in [1.165, 1.54) is 5.56 Å². The van der Waals surface area contributed by atoms with Gasteiger partial charge in [-0.05, 0) is 39.7 Å². The fourth-order valence-electron chi connectivity index (χ4n) is 2.01. The number of hydrogen-bond acceptors (Lipinski definition) is 2. The van der Waals surface area contributed by atoms with Crippen LogP contribution in [0.5, 0.6) is 0 Å². The second kappa shape index (κ2) is 4.43. The molecule has 0 N–H and O–H groups in total. The summed E-state index contributed by atoms with van der Waals surface area (Å²) in [5, 5.41) is 0. The molecule has 1 aromatic carbocycles. The van der Waals surface area contributed by atoms with Crippen LogP contribution in [-0.4, -0.2) is 17.5 Å². The Labute approximate surface area is 104 Å². The van der Waals surface area contributed by atoms with Crippen molar-refractivity contribution in [2.75, 3.05) is 0 Å². The molecule has 2 heteroatoms. The second-order valence-electron chi connectivity index (χ2n) is 5.71. The maximum absolute atomic E-state index is 5.96. The number of hydrogen-bond donors (Lipinski definition) is 0. The first-order valence-electron chi connectivity index (χ1n) is 6.30. The number of benzene rings is 1. The van der Waals surface area contributed by atoms with E-state index in [0.717, 1.165) is 12.8 Å².